The number of likely N-dealkylation sites (tertiary alicyclic amines) is 1. The van der Waals surface area contributed by atoms with Gasteiger partial charge in [-0.15, -0.1) is 0 Å². The lowest BCUT2D eigenvalue weighted by Crippen LogP contribution is -2.28. The highest BCUT2D eigenvalue weighted by atomic mass is 16.5. The molecule has 0 saturated carbocycles. The van der Waals surface area contributed by atoms with Gasteiger partial charge >= 0.3 is 0 Å². The van der Waals surface area contributed by atoms with Crippen molar-refractivity contribution in [2.24, 2.45) is 5.92 Å². The van der Waals surface area contributed by atoms with E-state index in [0.29, 0.717) is 12.0 Å². The Labute approximate surface area is 119 Å². The van der Waals surface area contributed by atoms with E-state index < -0.39 is 0 Å². The predicted octanol–water partition coefficient (Wildman–Crippen LogP) is 2.01. The normalized spacial score (nSPS) is 20.1. The van der Waals surface area contributed by atoms with Crippen LogP contribution in [0.25, 0.3) is 5.65 Å². The van der Waals surface area contributed by atoms with Crippen LogP contribution in [0.4, 0.5) is 0 Å². The highest BCUT2D eigenvalue weighted by Crippen LogP contribution is 2.22. The Hall–Kier alpha value is -1.62. The van der Waals surface area contributed by atoms with Crippen molar-refractivity contribution in [3.63, 3.8) is 0 Å². The Morgan fingerprint density at radius 3 is 3.00 bits per heavy atom. The molecule has 1 fully saturated rings. The fraction of sp³-hybridized carbons (Fsp3) is 0.600. The summed E-state index contributed by atoms with van der Waals surface area (Å²) >= 11 is 0. The molecule has 0 amide bonds. The van der Waals surface area contributed by atoms with E-state index in [4.69, 9.17) is 4.74 Å². The topological polar surface area (TPSA) is 42.7 Å². The first-order valence-corrected chi connectivity index (χ1v) is 7.29. The predicted molar refractivity (Wildman–Crippen MR) is 78.1 cm³/mol. The molecule has 1 unspecified atom stereocenters. The third-order valence-corrected chi connectivity index (χ3v) is 4.11. The number of methoxy groups -OCH3 is 1. The molecular weight excluding hydrogens is 252 g/mol. The third kappa shape index (κ3) is 2.63. The van der Waals surface area contributed by atoms with Crippen LogP contribution in [0.5, 0.6) is 5.75 Å². The first kappa shape index (κ1) is 13.4. The summed E-state index contributed by atoms with van der Waals surface area (Å²) < 4.78 is 7.04. The largest absolute Gasteiger partial charge is 0.497 e. The van der Waals surface area contributed by atoms with Gasteiger partial charge in [-0.1, -0.05) is 0 Å². The number of hydrogen-bond donors (Lipinski definition) is 0. The monoisotopic (exact) mass is 274 g/mol. The van der Waals surface area contributed by atoms with Crippen molar-refractivity contribution < 1.29 is 4.74 Å². The fourth-order valence-electron chi connectivity index (χ4n) is 2.88. The standard InChI is InChI=1S/C15H22N4O/c1-11(2)18-6-4-12(10-18)8-14-16-15-9-13(20-3)5-7-19(15)17-14/h5,7,9,11-12H,4,6,8,10H2,1-3H3. The molecule has 1 saturated heterocycles. The molecule has 5 heteroatoms. The van der Waals surface area contributed by atoms with Crippen LogP contribution < -0.4 is 4.74 Å². The zero-order valence-electron chi connectivity index (χ0n) is 12.4. The maximum absolute atomic E-state index is 5.22. The minimum absolute atomic E-state index is 0.637. The molecule has 0 aromatic carbocycles. The van der Waals surface area contributed by atoms with Crippen molar-refractivity contribution in [2.45, 2.75) is 32.7 Å². The minimum atomic E-state index is 0.637. The summed E-state index contributed by atoms with van der Waals surface area (Å²) in [6.45, 7) is 6.88. The highest BCUT2D eigenvalue weighted by molar-refractivity contribution is 5.43. The average molecular weight is 274 g/mol. The van der Waals surface area contributed by atoms with E-state index in [1.807, 2.05) is 22.8 Å². The van der Waals surface area contributed by atoms with Crippen LogP contribution in [0.1, 0.15) is 26.1 Å². The number of rotatable bonds is 4. The van der Waals surface area contributed by atoms with Gasteiger partial charge in [0.1, 0.15) is 5.75 Å². The van der Waals surface area contributed by atoms with Crippen LogP contribution in [0, 0.1) is 5.92 Å². The van der Waals surface area contributed by atoms with Crippen molar-refractivity contribution in [1.29, 1.82) is 0 Å². The van der Waals surface area contributed by atoms with Gasteiger partial charge in [0, 0.05) is 31.3 Å². The summed E-state index contributed by atoms with van der Waals surface area (Å²) in [5.74, 6) is 2.44. The molecule has 0 radical (unpaired) electrons. The van der Waals surface area contributed by atoms with Crippen LogP contribution in [0.15, 0.2) is 18.3 Å². The van der Waals surface area contributed by atoms with E-state index in [-0.39, 0.29) is 0 Å². The van der Waals surface area contributed by atoms with Crippen molar-refractivity contribution in [1.82, 2.24) is 19.5 Å². The Balaban J connectivity index is 1.72. The zero-order chi connectivity index (χ0) is 14.1. The maximum Gasteiger partial charge on any atom is 0.159 e. The van der Waals surface area contributed by atoms with Crippen molar-refractivity contribution >= 4 is 5.65 Å². The molecule has 3 heterocycles. The average Bonchev–Trinajstić information content (AvgIpc) is 3.04. The van der Waals surface area contributed by atoms with Gasteiger partial charge in [-0.05, 0) is 38.8 Å². The smallest absolute Gasteiger partial charge is 0.159 e. The molecular formula is C15H22N4O. The molecule has 0 N–H and O–H groups in total. The van der Waals surface area contributed by atoms with Crippen LogP contribution in [-0.2, 0) is 6.42 Å². The summed E-state index contributed by atoms with van der Waals surface area (Å²) in [4.78, 5) is 7.14. The summed E-state index contributed by atoms with van der Waals surface area (Å²) in [6.07, 6.45) is 4.12. The number of pyridine rings is 1. The van der Waals surface area contributed by atoms with Crippen molar-refractivity contribution in [3.05, 3.63) is 24.2 Å². The van der Waals surface area contributed by atoms with E-state index in [1.165, 1.54) is 13.0 Å². The molecule has 0 aliphatic carbocycles. The summed E-state index contributed by atoms with van der Waals surface area (Å²) in [5, 5.41) is 4.55. The first-order chi connectivity index (χ1) is 9.65. The molecule has 108 valence electrons. The summed E-state index contributed by atoms with van der Waals surface area (Å²) in [6, 6.07) is 4.46. The lowest BCUT2D eigenvalue weighted by atomic mass is 10.1. The number of ether oxygens (including phenoxy) is 1. The highest BCUT2D eigenvalue weighted by Gasteiger charge is 2.25. The lowest BCUT2D eigenvalue weighted by molar-refractivity contribution is 0.264. The Morgan fingerprint density at radius 2 is 2.30 bits per heavy atom. The molecule has 1 aliphatic heterocycles. The Bertz CT molecular complexity index is 593. The van der Waals surface area contributed by atoms with Crippen LogP contribution in [-0.4, -0.2) is 45.7 Å². The number of fused-ring (bicyclic) bond motifs is 1. The second-order valence-corrected chi connectivity index (χ2v) is 5.84. The molecule has 1 aliphatic rings. The number of nitrogens with zero attached hydrogens (tertiary/aromatic N) is 4. The van der Waals surface area contributed by atoms with Crippen molar-refractivity contribution in [3.8, 4) is 5.75 Å². The van der Waals surface area contributed by atoms with Crippen LogP contribution >= 0.6 is 0 Å². The second-order valence-electron chi connectivity index (χ2n) is 5.84. The van der Waals surface area contributed by atoms with E-state index in [2.05, 4.69) is 28.8 Å². The lowest BCUT2D eigenvalue weighted by Gasteiger charge is -2.19. The van der Waals surface area contributed by atoms with E-state index in [9.17, 15) is 0 Å². The van der Waals surface area contributed by atoms with Gasteiger partial charge in [0.05, 0.1) is 7.11 Å². The van der Waals surface area contributed by atoms with Gasteiger partial charge in [-0.3, -0.25) is 0 Å². The molecule has 0 bridgehead atoms. The number of aromatic nitrogens is 3. The van der Waals surface area contributed by atoms with Gasteiger partial charge in [-0.2, -0.15) is 5.10 Å². The molecule has 5 nitrogen and oxygen atoms in total. The first-order valence-electron chi connectivity index (χ1n) is 7.29. The maximum atomic E-state index is 5.22. The van der Waals surface area contributed by atoms with Gasteiger partial charge < -0.3 is 9.64 Å². The van der Waals surface area contributed by atoms with Gasteiger partial charge in [0.25, 0.3) is 0 Å². The molecule has 0 spiro atoms. The Morgan fingerprint density at radius 1 is 1.45 bits per heavy atom. The molecule has 1 atom stereocenters. The Kier molecular flexibility index (Phi) is 3.61. The van der Waals surface area contributed by atoms with E-state index in [1.54, 1.807) is 7.11 Å². The second kappa shape index (κ2) is 5.40. The quantitative estimate of drug-likeness (QED) is 0.855. The molecule has 3 rings (SSSR count). The van der Waals surface area contributed by atoms with Gasteiger partial charge in [0.15, 0.2) is 11.5 Å². The fourth-order valence-corrected chi connectivity index (χ4v) is 2.88. The summed E-state index contributed by atoms with van der Waals surface area (Å²) in [5.41, 5.74) is 0.859. The van der Waals surface area contributed by atoms with E-state index >= 15 is 0 Å². The van der Waals surface area contributed by atoms with Crippen LogP contribution in [0.2, 0.25) is 0 Å². The number of hydrogen-bond acceptors (Lipinski definition) is 4. The summed E-state index contributed by atoms with van der Waals surface area (Å²) in [7, 11) is 1.67. The van der Waals surface area contributed by atoms with E-state index in [0.717, 1.165) is 30.2 Å². The third-order valence-electron chi connectivity index (χ3n) is 4.11. The van der Waals surface area contributed by atoms with Gasteiger partial charge in [-0.25, -0.2) is 9.50 Å². The van der Waals surface area contributed by atoms with Crippen molar-refractivity contribution in [2.75, 3.05) is 20.2 Å². The zero-order valence-corrected chi connectivity index (χ0v) is 12.4. The van der Waals surface area contributed by atoms with Gasteiger partial charge in [0.2, 0.25) is 0 Å². The molecule has 2 aromatic rings. The van der Waals surface area contributed by atoms with Crippen LogP contribution in [0.3, 0.4) is 0 Å². The molecule has 2 aromatic heterocycles. The molecule has 20 heavy (non-hydrogen) atoms. The minimum Gasteiger partial charge on any atom is -0.497 e. The SMILES string of the molecule is COc1ccn2nc(CC3CCN(C(C)C)C3)nc2c1.